The van der Waals surface area contributed by atoms with Crippen LogP contribution in [0, 0.1) is 0 Å². The fourth-order valence-corrected chi connectivity index (χ4v) is 3.40. The summed E-state index contributed by atoms with van der Waals surface area (Å²) in [6.07, 6.45) is 11.2. The minimum atomic E-state index is -1.01. The largest absolute Gasteiger partial charge is 0.469 e. The Morgan fingerprint density at radius 2 is 1.70 bits per heavy atom. The minimum Gasteiger partial charge on any atom is -0.469 e. The molecular weight excluding hydrogens is 380 g/mol. The highest BCUT2D eigenvalue weighted by atomic mass is 16.5. The fourth-order valence-electron chi connectivity index (χ4n) is 3.40. The van der Waals surface area contributed by atoms with Crippen molar-refractivity contribution in [2.24, 2.45) is 0 Å². The van der Waals surface area contributed by atoms with Crippen LogP contribution in [0.3, 0.4) is 0 Å². The maximum atomic E-state index is 11.1. The number of aliphatic hydroxyl groups is 3. The van der Waals surface area contributed by atoms with Crippen LogP contribution in [-0.4, -0.2) is 40.6 Å². The second kappa shape index (κ2) is 16.1. The number of unbranched alkanes of at least 4 members (excludes halogenated alkanes) is 6. The average Bonchev–Trinajstić information content (AvgIpc) is 2.76. The van der Waals surface area contributed by atoms with E-state index in [1.54, 1.807) is 12.2 Å². The first-order valence-electron chi connectivity index (χ1n) is 11.4. The number of ether oxygens (including phenoxy) is 1. The molecule has 0 aliphatic carbocycles. The zero-order valence-corrected chi connectivity index (χ0v) is 18.6. The zero-order valence-electron chi connectivity index (χ0n) is 18.6. The molecule has 30 heavy (non-hydrogen) atoms. The Morgan fingerprint density at radius 1 is 1.00 bits per heavy atom. The molecule has 0 fully saturated rings. The lowest BCUT2D eigenvalue weighted by molar-refractivity contribution is -0.140. The van der Waals surface area contributed by atoms with Gasteiger partial charge in [-0.15, -0.1) is 0 Å². The first-order chi connectivity index (χ1) is 14.5. The van der Waals surface area contributed by atoms with Gasteiger partial charge in [0.25, 0.3) is 0 Å². The van der Waals surface area contributed by atoms with Gasteiger partial charge >= 0.3 is 5.97 Å². The van der Waals surface area contributed by atoms with E-state index in [2.05, 4.69) is 11.7 Å². The molecule has 1 rings (SSSR count). The first-order valence-corrected chi connectivity index (χ1v) is 11.4. The van der Waals surface area contributed by atoms with Crippen LogP contribution in [0.25, 0.3) is 6.08 Å². The van der Waals surface area contributed by atoms with Crippen LogP contribution in [-0.2, 0) is 9.53 Å². The van der Waals surface area contributed by atoms with Crippen LogP contribution >= 0.6 is 0 Å². The standard InChI is InChI=1S/C25H40O5/c1-3-4-5-6-7-8-9-14-22(26)21-13-10-12-20(19-21)17-18-24(28)23(27)15-11-16-25(29)30-2/h10,12-13,17-19,22-24,26-28H,3-9,11,14-16H2,1-2H3/b18-17+/t22-,23+,24-/m1/s1. The van der Waals surface area contributed by atoms with Gasteiger partial charge in [0.2, 0.25) is 0 Å². The highest BCUT2D eigenvalue weighted by molar-refractivity contribution is 5.69. The lowest BCUT2D eigenvalue weighted by Gasteiger charge is -2.14. The SMILES string of the molecule is CCCCCCCCC[C@@H](O)c1cccc(/C=C/[C@@H](O)[C@@H](O)CCCC(=O)OC)c1. The predicted octanol–water partition coefficient (Wildman–Crippen LogP) is 4.94. The Balaban J connectivity index is 2.41. The molecule has 3 N–H and O–H groups in total. The summed E-state index contributed by atoms with van der Waals surface area (Å²) in [5.41, 5.74) is 1.74. The second-order valence-corrected chi connectivity index (χ2v) is 7.98. The van der Waals surface area contributed by atoms with Crippen molar-refractivity contribution in [1.29, 1.82) is 0 Å². The fraction of sp³-hybridized carbons (Fsp3) is 0.640. The third kappa shape index (κ3) is 11.5. The number of aliphatic hydroxyl groups excluding tert-OH is 3. The molecule has 0 amide bonds. The number of methoxy groups -OCH3 is 1. The Labute approximate surface area is 181 Å². The van der Waals surface area contributed by atoms with Gasteiger partial charge in [0.05, 0.1) is 25.4 Å². The van der Waals surface area contributed by atoms with E-state index in [0.29, 0.717) is 12.8 Å². The molecule has 0 saturated carbocycles. The minimum absolute atomic E-state index is 0.225. The van der Waals surface area contributed by atoms with Crippen molar-refractivity contribution in [2.75, 3.05) is 7.11 Å². The number of hydrogen-bond donors (Lipinski definition) is 3. The van der Waals surface area contributed by atoms with E-state index in [0.717, 1.165) is 30.4 Å². The number of benzene rings is 1. The van der Waals surface area contributed by atoms with Crippen LogP contribution < -0.4 is 0 Å². The molecule has 0 aliphatic heterocycles. The molecule has 0 heterocycles. The van der Waals surface area contributed by atoms with E-state index in [1.807, 2.05) is 24.3 Å². The highest BCUT2D eigenvalue weighted by Crippen LogP contribution is 2.22. The van der Waals surface area contributed by atoms with Gasteiger partial charge in [-0.3, -0.25) is 4.79 Å². The lowest BCUT2D eigenvalue weighted by Crippen LogP contribution is -2.23. The molecule has 0 bridgehead atoms. The summed E-state index contributed by atoms with van der Waals surface area (Å²) in [4.78, 5) is 11.1. The highest BCUT2D eigenvalue weighted by Gasteiger charge is 2.14. The normalized spacial score (nSPS) is 14.6. The van der Waals surface area contributed by atoms with Crippen molar-refractivity contribution in [3.8, 4) is 0 Å². The maximum Gasteiger partial charge on any atom is 0.305 e. The topological polar surface area (TPSA) is 87.0 Å². The molecule has 5 nitrogen and oxygen atoms in total. The van der Waals surface area contributed by atoms with Gasteiger partial charge in [-0.25, -0.2) is 0 Å². The zero-order chi connectivity index (χ0) is 22.2. The van der Waals surface area contributed by atoms with E-state index < -0.39 is 18.3 Å². The monoisotopic (exact) mass is 420 g/mol. The number of carbonyl (C=O) groups is 1. The first kappa shape index (κ1) is 26.3. The van der Waals surface area contributed by atoms with Crippen LogP contribution in [0.2, 0.25) is 0 Å². The molecule has 1 aromatic rings. The summed E-state index contributed by atoms with van der Waals surface area (Å²) in [6, 6.07) is 7.62. The number of hydrogen-bond acceptors (Lipinski definition) is 5. The summed E-state index contributed by atoms with van der Waals surface area (Å²) < 4.78 is 4.56. The van der Waals surface area contributed by atoms with E-state index in [1.165, 1.54) is 39.2 Å². The van der Waals surface area contributed by atoms with Crippen molar-refractivity contribution in [3.05, 3.63) is 41.5 Å². The molecule has 3 atom stereocenters. The van der Waals surface area contributed by atoms with Crippen molar-refractivity contribution in [3.63, 3.8) is 0 Å². The van der Waals surface area contributed by atoms with Gasteiger partial charge in [0.15, 0.2) is 0 Å². The summed E-state index contributed by atoms with van der Waals surface area (Å²) in [7, 11) is 1.33. The molecule has 170 valence electrons. The quantitative estimate of drug-likeness (QED) is 0.260. The Kier molecular flexibility index (Phi) is 14.1. The third-order valence-electron chi connectivity index (χ3n) is 5.37. The van der Waals surface area contributed by atoms with Gasteiger partial charge in [0.1, 0.15) is 0 Å². The Morgan fingerprint density at radius 3 is 2.40 bits per heavy atom. The molecule has 0 unspecified atom stereocenters. The molecule has 0 saturated heterocycles. The molecule has 5 heteroatoms. The van der Waals surface area contributed by atoms with Gasteiger partial charge in [-0.2, -0.15) is 0 Å². The van der Waals surface area contributed by atoms with Gasteiger partial charge in [-0.05, 0) is 36.5 Å². The summed E-state index contributed by atoms with van der Waals surface area (Å²) in [5.74, 6) is -0.320. The number of carbonyl (C=O) groups excluding carboxylic acids is 1. The van der Waals surface area contributed by atoms with Crippen molar-refractivity contribution in [1.82, 2.24) is 0 Å². The van der Waals surface area contributed by atoms with E-state index in [-0.39, 0.29) is 12.4 Å². The molecular formula is C25H40O5. The summed E-state index contributed by atoms with van der Waals surface area (Å²) in [6.45, 7) is 2.22. The van der Waals surface area contributed by atoms with Crippen LogP contribution in [0.4, 0.5) is 0 Å². The lowest BCUT2D eigenvalue weighted by atomic mass is 9.99. The van der Waals surface area contributed by atoms with Gasteiger partial charge < -0.3 is 20.1 Å². The van der Waals surface area contributed by atoms with E-state index in [4.69, 9.17) is 0 Å². The maximum absolute atomic E-state index is 11.1. The molecule has 0 spiro atoms. The van der Waals surface area contributed by atoms with Crippen LogP contribution in [0.5, 0.6) is 0 Å². The Hall–Kier alpha value is -1.69. The van der Waals surface area contributed by atoms with Crippen LogP contribution in [0.1, 0.15) is 94.8 Å². The number of esters is 1. The average molecular weight is 421 g/mol. The molecule has 0 aromatic heterocycles. The summed E-state index contributed by atoms with van der Waals surface area (Å²) >= 11 is 0. The molecule has 0 aliphatic rings. The Bertz CT molecular complexity index is 613. The smallest absolute Gasteiger partial charge is 0.305 e. The number of rotatable bonds is 16. The molecule has 0 radical (unpaired) electrons. The van der Waals surface area contributed by atoms with Crippen molar-refractivity contribution in [2.45, 2.75) is 95.9 Å². The van der Waals surface area contributed by atoms with Crippen LogP contribution in [0.15, 0.2) is 30.3 Å². The van der Waals surface area contributed by atoms with Gasteiger partial charge in [0, 0.05) is 6.42 Å². The van der Waals surface area contributed by atoms with Crippen molar-refractivity contribution >= 4 is 12.0 Å². The predicted molar refractivity (Wildman–Crippen MR) is 121 cm³/mol. The van der Waals surface area contributed by atoms with E-state index >= 15 is 0 Å². The summed E-state index contributed by atoms with van der Waals surface area (Å²) in [5, 5.41) is 30.6. The second-order valence-electron chi connectivity index (χ2n) is 7.98. The molecule has 1 aromatic carbocycles. The third-order valence-corrected chi connectivity index (χ3v) is 5.37. The van der Waals surface area contributed by atoms with E-state index in [9.17, 15) is 20.1 Å². The van der Waals surface area contributed by atoms with Crippen molar-refractivity contribution < 1.29 is 24.9 Å². The van der Waals surface area contributed by atoms with Gasteiger partial charge in [-0.1, -0.05) is 82.2 Å².